The Bertz CT molecular complexity index is 651. The quantitative estimate of drug-likeness (QED) is 0.852. The Morgan fingerprint density at radius 2 is 1.62 bits per heavy atom. The van der Waals surface area contributed by atoms with Crippen molar-refractivity contribution in [3.05, 3.63) is 52.5 Å². The van der Waals surface area contributed by atoms with Crippen LogP contribution in [0.15, 0.2) is 42.5 Å². The van der Waals surface area contributed by atoms with Crippen LogP contribution in [0.4, 0.5) is 5.69 Å². The second-order valence-electron chi connectivity index (χ2n) is 5.90. The molecular formula is C18H21Cl2N2O2+. The monoisotopic (exact) mass is 367 g/mol. The summed E-state index contributed by atoms with van der Waals surface area (Å²) in [5, 5.41) is 10.5. The number of nitrogens with one attached hydrogen (secondary N) is 1. The summed E-state index contributed by atoms with van der Waals surface area (Å²) in [4.78, 5) is 3.85. The van der Waals surface area contributed by atoms with Gasteiger partial charge in [-0.3, -0.25) is 0 Å². The number of phenolic OH excluding ortho intramolecular Hbond substituents is 1. The number of aromatic hydroxyl groups is 1. The molecule has 1 heterocycles. The number of piperazine rings is 1. The third kappa shape index (κ3) is 4.26. The van der Waals surface area contributed by atoms with E-state index in [-0.39, 0.29) is 0 Å². The Balaban J connectivity index is 1.45. The number of halogens is 2. The summed E-state index contributed by atoms with van der Waals surface area (Å²) in [5.74, 6) is 0.876. The third-order valence-corrected chi connectivity index (χ3v) is 4.90. The van der Waals surface area contributed by atoms with Crippen molar-refractivity contribution in [2.45, 2.75) is 0 Å². The van der Waals surface area contributed by atoms with Gasteiger partial charge in [-0.2, -0.15) is 0 Å². The number of hydrogen-bond donors (Lipinski definition) is 2. The standard InChI is InChI=1S/C18H20Cl2N2O2/c19-16-2-1-3-17(20)18(16)24-13-12-21-8-10-22(11-9-21)14-4-6-15(23)7-5-14/h1-7,23H,8-13H2/p+1. The molecule has 1 fully saturated rings. The minimum Gasteiger partial charge on any atom is -0.508 e. The Labute approximate surface area is 152 Å². The minimum atomic E-state index is 0.304. The number of anilines is 1. The van der Waals surface area contributed by atoms with Crippen LogP contribution >= 0.6 is 23.2 Å². The number of ether oxygens (including phenoxy) is 1. The zero-order chi connectivity index (χ0) is 16.9. The van der Waals surface area contributed by atoms with Crippen LogP contribution in [-0.2, 0) is 0 Å². The van der Waals surface area contributed by atoms with E-state index in [2.05, 4.69) is 4.90 Å². The van der Waals surface area contributed by atoms with E-state index in [1.807, 2.05) is 18.2 Å². The van der Waals surface area contributed by atoms with Crippen LogP contribution in [0, 0.1) is 0 Å². The molecule has 0 spiro atoms. The van der Waals surface area contributed by atoms with Gasteiger partial charge in [-0.25, -0.2) is 0 Å². The summed E-state index contributed by atoms with van der Waals surface area (Å²) in [6.07, 6.45) is 0. The fraction of sp³-hybridized carbons (Fsp3) is 0.333. The molecule has 0 saturated carbocycles. The predicted octanol–water partition coefficient (Wildman–Crippen LogP) is 2.48. The molecule has 0 unspecified atom stereocenters. The Hall–Kier alpha value is -1.62. The lowest BCUT2D eigenvalue weighted by Crippen LogP contribution is -3.15. The fourth-order valence-electron chi connectivity index (χ4n) is 2.91. The van der Waals surface area contributed by atoms with Crippen LogP contribution in [0.3, 0.4) is 0 Å². The summed E-state index contributed by atoms with van der Waals surface area (Å²) in [5.41, 5.74) is 1.16. The van der Waals surface area contributed by atoms with E-state index in [0.717, 1.165) is 38.4 Å². The van der Waals surface area contributed by atoms with Crippen LogP contribution in [0.25, 0.3) is 0 Å². The lowest BCUT2D eigenvalue weighted by atomic mass is 10.2. The Morgan fingerprint density at radius 3 is 2.25 bits per heavy atom. The zero-order valence-electron chi connectivity index (χ0n) is 13.3. The van der Waals surface area contributed by atoms with Gasteiger partial charge in [0.2, 0.25) is 0 Å². The van der Waals surface area contributed by atoms with Gasteiger partial charge in [-0.05, 0) is 36.4 Å². The highest BCUT2D eigenvalue weighted by atomic mass is 35.5. The van der Waals surface area contributed by atoms with Crippen molar-refractivity contribution in [2.75, 3.05) is 44.2 Å². The Kier molecular flexibility index (Phi) is 5.72. The van der Waals surface area contributed by atoms with Gasteiger partial charge in [0, 0.05) is 5.69 Å². The smallest absolute Gasteiger partial charge is 0.156 e. The number of hydrogen-bond acceptors (Lipinski definition) is 3. The van der Waals surface area contributed by atoms with Crippen molar-refractivity contribution in [3.63, 3.8) is 0 Å². The lowest BCUT2D eigenvalue weighted by Gasteiger charge is -2.33. The third-order valence-electron chi connectivity index (χ3n) is 4.31. The summed E-state index contributed by atoms with van der Waals surface area (Å²) >= 11 is 12.2. The average Bonchev–Trinajstić information content (AvgIpc) is 2.59. The molecule has 1 aliphatic rings. The highest BCUT2D eigenvalue weighted by Gasteiger charge is 2.20. The maximum absolute atomic E-state index is 9.37. The van der Waals surface area contributed by atoms with Crippen LogP contribution in [0.5, 0.6) is 11.5 Å². The van der Waals surface area contributed by atoms with E-state index in [1.165, 1.54) is 4.90 Å². The molecule has 2 aromatic rings. The van der Waals surface area contributed by atoms with Crippen molar-refractivity contribution >= 4 is 28.9 Å². The summed E-state index contributed by atoms with van der Waals surface area (Å²) in [7, 11) is 0. The molecular weight excluding hydrogens is 347 g/mol. The van der Waals surface area contributed by atoms with Gasteiger partial charge in [0.25, 0.3) is 0 Å². The number of quaternary nitrogens is 1. The van der Waals surface area contributed by atoms with Crippen molar-refractivity contribution in [1.29, 1.82) is 0 Å². The number of para-hydroxylation sites is 1. The number of nitrogens with zero attached hydrogens (tertiary/aromatic N) is 1. The van der Waals surface area contributed by atoms with E-state index < -0.39 is 0 Å². The SMILES string of the molecule is Oc1ccc(N2CC[NH+](CCOc3c(Cl)cccc3Cl)CC2)cc1. The first-order valence-electron chi connectivity index (χ1n) is 8.08. The van der Waals surface area contributed by atoms with Gasteiger partial charge in [-0.15, -0.1) is 0 Å². The second-order valence-corrected chi connectivity index (χ2v) is 6.72. The first-order valence-corrected chi connectivity index (χ1v) is 8.83. The highest BCUT2D eigenvalue weighted by Crippen LogP contribution is 2.32. The van der Waals surface area contributed by atoms with E-state index in [1.54, 1.807) is 24.3 Å². The molecule has 1 aliphatic heterocycles. The van der Waals surface area contributed by atoms with Crippen molar-refractivity contribution in [3.8, 4) is 11.5 Å². The van der Waals surface area contributed by atoms with Crippen LogP contribution in [0.2, 0.25) is 10.0 Å². The van der Waals surface area contributed by atoms with Gasteiger partial charge in [0.1, 0.15) is 18.9 Å². The van der Waals surface area contributed by atoms with Crippen LogP contribution < -0.4 is 14.5 Å². The van der Waals surface area contributed by atoms with Crippen molar-refractivity contribution in [2.24, 2.45) is 0 Å². The molecule has 1 saturated heterocycles. The summed E-state index contributed by atoms with van der Waals surface area (Å²) in [6.45, 7) is 5.61. The molecule has 128 valence electrons. The Morgan fingerprint density at radius 1 is 1.00 bits per heavy atom. The first-order chi connectivity index (χ1) is 11.6. The first kappa shape index (κ1) is 17.2. The molecule has 4 nitrogen and oxygen atoms in total. The van der Waals surface area contributed by atoms with E-state index in [0.29, 0.717) is 28.2 Å². The van der Waals surface area contributed by atoms with E-state index in [4.69, 9.17) is 27.9 Å². The number of rotatable bonds is 5. The van der Waals surface area contributed by atoms with Crippen molar-refractivity contribution < 1.29 is 14.7 Å². The lowest BCUT2D eigenvalue weighted by molar-refractivity contribution is -0.900. The predicted molar refractivity (Wildman–Crippen MR) is 97.8 cm³/mol. The molecule has 0 aliphatic carbocycles. The largest absolute Gasteiger partial charge is 0.508 e. The molecule has 0 aromatic heterocycles. The van der Waals surface area contributed by atoms with Crippen LogP contribution in [-0.4, -0.2) is 44.4 Å². The van der Waals surface area contributed by atoms with Gasteiger partial charge in [0.15, 0.2) is 5.75 Å². The highest BCUT2D eigenvalue weighted by molar-refractivity contribution is 6.37. The summed E-state index contributed by atoms with van der Waals surface area (Å²) < 4.78 is 5.77. The molecule has 0 bridgehead atoms. The fourth-order valence-corrected chi connectivity index (χ4v) is 3.42. The second kappa shape index (κ2) is 7.97. The van der Waals surface area contributed by atoms with E-state index >= 15 is 0 Å². The maximum Gasteiger partial charge on any atom is 0.156 e. The minimum absolute atomic E-state index is 0.304. The maximum atomic E-state index is 9.37. The van der Waals surface area contributed by atoms with Crippen molar-refractivity contribution in [1.82, 2.24) is 0 Å². The van der Waals surface area contributed by atoms with E-state index in [9.17, 15) is 5.11 Å². The molecule has 2 N–H and O–H groups in total. The molecule has 24 heavy (non-hydrogen) atoms. The molecule has 2 aromatic carbocycles. The van der Waals surface area contributed by atoms with Gasteiger partial charge < -0.3 is 19.6 Å². The molecule has 3 rings (SSSR count). The number of benzene rings is 2. The molecule has 0 radical (unpaired) electrons. The normalized spacial score (nSPS) is 15.5. The van der Waals surface area contributed by atoms with Gasteiger partial charge in [-0.1, -0.05) is 29.3 Å². The molecule has 6 heteroatoms. The summed E-state index contributed by atoms with van der Waals surface area (Å²) in [6, 6.07) is 12.8. The number of phenols is 1. The van der Waals surface area contributed by atoms with Gasteiger partial charge in [0.05, 0.1) is 36.2 Å². The zero-order valence-corrected chi connectivity index (χ0v) is 14.9. The molecule has 0 amide bonds. The molecule has 0 atom stereocenters. The average molecular weight is 368 g/mol. The van der Waals surface area contributed by atoms with Gasteiger partial charge >= 0.3 is 0 Å². The van der Waals surface area contributed by atoms with Crippen LogP contribution in [0.1, 0.15) is 0 Å². The topological polar surface area (TPSA) is 37.1 Å².